The third-order valence-corrected chi connectivity index (χ3v) is 3.62. The number of ketones is 1. The van der Waals surface area contributed by atoms with Crippen molar-refractivity contribution in [2.75, 3.05) is 7.11 Å². The number of aromatic nitrogens is 2. The largest absolute Gasteiger partial charge is 0.497 e. The highest BCUT2D eigenvalue weighted by Crippen LogP contribution is 2.33. The van der Waals surface area contributed by atoms with Crippen molar-refractivity contribution in [2.24, 2.45) is 0 Å². The van der Waals surface area contributed by atoms with E-state index in [9.17, 15) is 9.59 Å². The number of carbonyl (C=O) groups is 2. The van der Waals surface area contributed by atoms with Gasteiger partial charge in [-0.2, -0.15) is 0 Å². The predicted molar refractivity (Wildman–Crippen MR) is 88.8 cm³/mol. The molecular formula is C17H13ClN2O4. The fourth-order valence-electron chi connectivity index (χ4n) is 2.34. The lowest BCUT2D eigenvalue weighted by Crippen LogP contribution is -2.09. The number of benzene rings is 1. The zero-order valence-electron chi connectivity index (χ0n) is 12.9. The third kappa shape index (κ3) is 2.96. The van der Waals surface area contributed by atoms with Crippen LogP contribution in [0.5, 0.6) is 11.5 Å². The van der Waals surface area contributed by atoms with Crippen molar-refractivity contribution in [1.82, 2.24) is 9.97 Å². The molecule has 24 heavy (non-hydrogen) atoms. The highest BCUT2D eigenvalue weighted by atomic mass is 35.5. The maximum Gasteiger partial charge on any atom is 0.308 e. The van der Waals surface area contributed by atoms with Crippen molar-refractivity contribution >= 4 is 34.3 Å². The van der Waals surface area contributed by atoms with E-state index in [0.717, 1.165) is 0 Å². The van der Waals surface area contributed by atoms with E-state index in [0.29, 0.717) is 21.7 Å². The van der Waals surface area contributed by atoms with Gasteiger partial charge in [-0.05, 0) is 24.3 Å². The minimum absolute atomic E-state index is 0.128. The molecule has 0 aliphatic heterocycles. The first kappa shape index (κ1) is 16.0. The average Bonchev–Trinajstić information content (AvgIpc) is 2.91. The van der Waals surface area contributed by atoms with Crippen LogP contribution in [0.3, 0.4) is 0 Å². The summed E-state index contributed by atoms with van der Waals surface area (Å²) in [4.78, 5) is 31.2. The second-order valence-corrected chi connectivity index (χ2v) is 5.46. The number of halogens is 1. The van der Waals surface area contributed by atoms with E-state index in [1.54, 1.807) is 24.3 Å². The van der Waals surface area contributed by atoms with Crippen LogP contribution >= 0.6 is 11.6 Å². The summed E-state index contributed by atoms with van der Waals surface area (Å²) < 4.78 is 10.3. The van der Waals surface area contributed by atoms with Gasteiger partial charge < -0.3 is 14.5 Å². The predicted octanol–water partition coefficient (Wildman–Crippen LogP) is 3.38. The number of nitrogens with one attached hydrogen (secondary N) is 1. The maximum absolute atomic E-state index is 12.8. The Morgan fingerprint density at radius 3 is 2.71 bits per heavy atom. The molecule has 0 radical (unpaired) electrons. The molecule has 0 atom stereocenters. The maximum atomic E-state index is 12.8. The summed E-state index contributed by atoms with van der Waals surface area (Å²) in [6.07, 6.45) is 1.47. The normalized spacial score (nSPS) is 10.6. The number of H-pyrrole nitrogens is 1. The zero-order valence-corrected chi connectivity index (χ0v) is 13.7. The smallest absolute Gasteiger partial charge is 0.308 e. The summed E-state index contributed by atoms with van der Waals surface area (Å²) in [6.45, 7) is 1.27. The number of hydrogen-bond acceptors (Lipinski definition) is 5. The molecule has 1 aromatic carbocycles. The minimum atomic E-state index is -0.529. The van der Waals surface area contributed by atoms with Gasteiger partial charge >= 0.3 is 5.97 Å². The number of methoxy groups -OCH3 is 1. The lowest BCUT2D eigenvalue weighted by atomic mass is 10.1. The molecule has 6 nitrogen and oxygen atoms in total. The Labute approximate surface area is 142 Å². The van der Waals surface area contributed by atoms with Crippen LogP contribution in [0.25, 0.3) is 10.9 Å². The van der Waals surface area contributed by atoms with Crippen LogP contribution in [0.4, 0.5) is 0 Å². The van der Waals surface area contributed by atoms with Gasteiger partial charge in [-0.1, -0.05) is 11.6 Å². The molecule has 1 N–H and O–H groups in total. The molecule has 3 aromatic rings. The van der Waals surface area contributed by atoms with E-state index < -0.39 is 11.8 Å². The molecule has 0 amide bonds. The van der Waals surface area contributed by atoms with Gasteiger partial charge in [0.2, 0.25) is 5.78 Å². The molecule has 2 heterocycles. The van der Waals surface area contributed by atoms with Crippen LogP contribution in [0.1, 0.15) is 23.1 Å². The second kappa shape index (κ2) is 6.33. The van der Waals surface area contributed by atoms with Gasteiger partial charge in [0.15, 0.2) is 5.75 Å². The van der Waals surface area contributed by atoms with Crippen molar-refractivity contribution in [3.63, 3.8) is 0 Å². The van der Waals surface area contributed by atoms with Gasteiger partial charge in [0, 0.05) is 29.6 Å². The summed E-state index contributed by atoms with van der Waals surface area (Å²) in [5.41, 5.74) is 0.883. The van der Waals surface area contributed by atoms with Crippen LogP contribution in [0.2, 0.25) is 5.02 Å². The van der Waals surface area contributed by atoms with Crippen LogP contribution in [-0.4, -0.2) is 28.8 Å². The Morgan fingerprint density at radius 1 is 1.21 bits per heavy atom. The second-order valence-electron chi connectivity index (χ2n) is 5.02. The molecule has 0 spiro atoms. The molecular weight excluding hydrogens is 332 g/mol. The van der Waals surface area contributed by atoms with Gasteiger partial charge in [0.25, 0.3) is 0 Å². The van der Waals surface area contributed by atoms with Crippen LogP contribution in [-0.2, 0) is 4.79 Å². The highest BCUT2D eigenvalue weighted by Gasteiger charge is 2.23. The molecule has 0 aliphatic rings. The molecule has 7 heteroatoms. The summed E-state index contributed by atoms with van der Waals surface area (Å²) in [5, 5.41) is 1.08. The van der Waals surface area contributed by atoms with Crippen molar-refractivity contribution in [3.05, 3.63) is 52.9 Å². The quantitative estimate of drug-likeness (QED) is 0.579. The summed E-state index contributed by atoms with van der Waals surface area (Å²) >= 11 is 5.98. The first-order valence-corrected chi connectivity index (χ1v) is 7.42. The van der Waals surface area contributed by atoms with Gasteiger partial charge in [0.1, 0.15) is 17.1 Å². The molecule has 0 bridgehead atoms. The standard InChI is InChI=1S/C17H13ClN2O4/c1-9(21)24-17-12-4-3-10(18)7-13(12)20-15(17)16(22)14-8-11(23-2)5-6-19-14/h3-8,20H,1-2H3. The number of carbonyl (C=O) groups excluding carboxylic acids is 2. The Bertz CT molecular complexity index is 949. The number of hydrogen-bond donors (Lipinski definition) is 1. The van der Waals surface area contributed by atoms with Crippen molar-refractivity contribution < 1.29 is 19.1 Å². The Kier molecular flexibility index (Phi) is 4.22. The molecule has 0 unspecified atom stereocenters. The van der Waals surface area contributed by atoms with E-state index in [1.807, 2.05) is 0 Å². The highest BCUT2D eigenvalue weighted by molar-refractivity contribution is 6.31. The molecule has 122 valence electrons. The molecule has 0 aliphatic carbocycles. The summed E-state index contributed by atoms with van der Waals surface area (Å²) in [7, 11) is 1.50. The Morgan fingerprint density at radius 2 is 2.00 bits per heavy atom. The van der Waals surface area contributed by atoms with E-state index in [-0.39, 0.29) is 17.1 Å². The van der Waals surface area contributed by atoms with Gasteiger partial charge in [-0.3, -0.25) is 14.6 Å². The molecule has 0 saturated heterocycles. The average molecular weight is 345 g/mol. The number of fused-ring (bicyclic) bond motifs is 1. The Hall–Kier alpha value is -2.86. The van der Waals surface area contributed by atoms with E-state index in [1.165, 1.54) is 26.3 Å². The van der Waals surface area contributed by atoms with E-state index >= 15 is 0 Å². The fraction of sp³-hybridized carbons (Fsp3) is 0.118. The number of nitrogens with zero attached hydrogens (tertiary/aromatic N) is 1. The van der Waals surface area contributed by atoms with Crippen LogP contribution in [0, 0.1) is 0 Å². The lowest BCUT2D eigenvalue weighted by Gasteiger charge is -2.05. The number of ether oxygens (including phenoxy) is 2. The lowest BCUT2D eigenvalue weighted by molar-refractivity contribution is -0.131. The number of rotatable bonds is 4. The Balaban J connectivity index is 2.16. The SMILES string of the molecule is COc1ccnc(C(=O)c2[nH]c3cc(Cl)ccc3c2OC(C)=O)c1. The molecule has 0 fully saturated rings. The molecule has 2 aromatic heterocycles. The van der Waals surface area contributed by atoms with Gasteiger partial charge in [-0.15, -0.1) is 0 Å². The zero-order chi connectivity index (χ0) is 17.3. The van der Waals surface area contributed by atoms with Crippen molar-refractivity contribution in [1.29, 1.82) is 0 Å². The summed E-state index contributed by atoms with van der Waals surface area (Å²) in [6, 6.07) is 8.14. The number of pyridine rings is 1. The monoisotopic (exact) mass is 344 g/mol. The van der Waals surface area contributed by atoms with E-state index in [2.05, 4.69) is 9.97 Å². The molecule has 0 saturated carbocycles. The van der Waals surface area contributed by atoms with Crippen LogP contribution < -0.4 is 9.47 Å². The number of aromatic amines is 1. The van der Waals surface area contributed by atoms with Crippen LogP contribution in [0.15, 0.2) is 36.5 Å². The topological polar surface area (TPSA) is 81.3 Å². The van der Waals surface area contributed by atoms with Crippen molar-refractivity contribution in [3.8, 4) is 11.5 Å². The fourth-order valence-corrected chi connectivity index (χ4v) is 2.52. The van der Waals surface area contributed by atoms with Gasteiger partial charge in [0.05, 0.1) is 12.6 Å². The first-order chi connectivity index (χ1) is 11.5. The minimum Gasteiger partial charge on any atom is -0.497 e. The molecule has 3 rings (SSSR count). The number of esters is 1. The van der Waals surface area contributed by atoms with Crippen molar-refractivity contribution in [2.45, 2.75) is 6.92 Å². The third-order valence-electron chi connectivity index (χ3n) is 3.39. The summed E-state index contributed by atoms with van der Waals surface area (Å²) in [5.74, 6) is -0.290. The first-order valence-electron chi connectivity index (χ1n) is 7.04. The van der Waals surface area contributed by atoms with E-state index in [4.69, 9.17) is 21.1 Å². The van der Waals surface area contributed by atoms with Gasteiger partial charge in [-0.25, -0.2) is 0 Å².